The van der Waals surface area contributed by atoms with E-state index in [9.17, 15) is 0 Å². The quantitative estimate of drug-likeness (QED) is 0.744. The third-order valence-corrected chi connectivity index (χ3v) is 5.01. The van der Waals surface area contributed by atoms with Crippen molar-refractivity contribution in [2.75, 3.05) is 7.05 Å². The van der Waals surface area contributed by atoms with E-state index in [0.29, 0.717) is 5.92 Å². The molecule has 1 atom stereocenters. The molecule has 0 spiro atoms. The maximum absolute atomic E-state index is 6.25. The highest BCUT2D eigenvalue weighted by atomic mass is 35.5. The molecule has 0 saturated heterocycles. The molecule has 108 valence electrons. The van der Waals surface area contributed by atoms with Gasteiger partial charge in [-0.05, 0) is 36.6 Å². The summed E-state index contributed by atoms with van der Waals surface area (Å²) in [6.45, 7) is 4.41. The number of nitrogens with one attached hydrogen (secondary N) is 1. The number of halogens is 2. The second-order valence-corrected chi connectivity index (χ2v) is 7.51. The monoisotopic (exact) mass is 327 g/mol. The minimum Gasteiger partial charge on any atom is -0.313 e. The Labute approximate surface area is 134 Å². The van der Waals surface area contributed by atoms with Gasteiger partial charge in [-0.1, -0.05) is 61.3 Å². The van der Waals surface area contributed by atoms with E-state index >= 15 is 0 Å². The van der Waals surface area contributed by atoms with Crippen LogP contribution in [0.15, 0.2) is 30.3 Å². The van der Waals surface area contributed by atoms with Crippen molar-refractivity contribution in [3.63, 3.8) is 0 Å². The summed E-state index contributed by atoms with van der Waals surface area (Å²) < 4.78 is 1.51. The number of likely N-dealkylation sites (N-methyl/N-ethyl adjacent to an activating group) is 1. The van der Waals surface area contributed by atoms with Crippen molar-refractivity contribution in [3.8, 4) is 0 Å². The Morgan fingerprint density at radius 3 is 2.25 bits per heavy atom. The van der Waals surface area contributed by atoms with Crippen molar-refractivity contribution in [3.05, 3.63) is 55.7 Å². The standard InChI is InChI=1S/C16H19Cl2NS/c1-10(2)12-6-4-11(5-7-12)8-14(19-3)13-9-15(17)20-16(13)18/h4-7,9-10,14,19H,8H2,1-3H3. The largest absolute Gasteiger partial charge is 0.313 e. The SMILES string of the molecule is CNC(Cc1ccc(C(C)C)cc1)c1cc(Cl)sc1Cl. The van der Waals surface area contributed by atoms with Crippen molar-refractivity contribution >= 4 is 34.5 Å². The Morgan fingerprint density at radius 2 is 1.80 bits per heavy atom. The highest BCUT2D eigenvalue weighted by Crippen LogP contribution is 2.36. The van der Waals surface area contributed by atoms with Crippen LogP contribution in [0.4, 0.5) is 0 Å². The molecule has 0 aliphatic heterocycles. The van der Waals surface area contributed by atoms with Gasteiger partial charge in [0.05, 0.1) is 8.67 Å². The summed E-state index contributed by atoms with van der Waals surface area (Å²) in [6.07, 6.45) is 0.904. The molecule has 1 nitrogen and oxygen atoms in total. The molecular weight excluding hydrogens is 309 g/mol. The lowest BCUT2D eigenvalue weighted by Gasteiger charge is -2.16. The van der Waals surface area contributed by atoms with Crippen molar-refractivity contribution in [2.45, 2.75) is 32.2 Å². The summed E-state index contributed by atoms with van der Waals surface area (Å²) in [5.41, 5.74) is 3.75. The molecule has 0 saturated carbocycles. The fraction of sp³-hybridized carbons (Fsp3) is 0.375. The molecular formula is C16H19Cl2NS. The van der Waals surface area contributed by atoms with Crippen molar-refractivity contribution in [1.29, 1.82) is 0 Å². The van der Waals surface area contributed by atoms with Crippen LogP contribution in [-0.4, -0.2) is 7.05 Å². The summed E-state index contributed by atoms with van der Waals surface area (Å²) in [6, 6.07) is 10.9. The van der Waals surface area contributed by atoms with E-state index in [0.717, 1.165) is 20.7 Å². The molecule has 1 unspecified atom stereocenters. The summed E-state index contributed by atoms with van der Waals surface area (Å²) in [7, 11) is 1.95. The highest BCUT2D eigenvalue weighted by Gasteiger charge is 2.16. The van der Waals surface area contributed by atoms with E-state index < -0.39 is 0 Å². The predicted octanol–water partition coefficient (Wildman–Crippen LogP) is 5.68. The summed E-state index contributed by atoms with van der Waals surface area (Å²) in [4.78, 5) is 0. The molecule has 0 bridgehead atoms. The maximum Gasteiger partial charge on any atom is 0.0992 e. The molecule has 1 aromatic carbocycles. The van der Waals surface area contributed by atoms with Gasteiger partial charge >= 0.3 is 0 Å². The van der Waals surface area contributed by atoms with Crippen molar-refractivity contribution in [1.82, 2.24) is 5.32 Å². The zero-order valence-corrected chi connectivity index (χ0v) is 14.2. The molecule has 1 aromatic heterocycles. The van der Waals surface area contributed by atoms with E-state index in [2.05, 4.69) is 43.4 Å². The number of thiophene rings is 1. The second-order valence-electron chi connectivity index (χ2n) is 5.22. The van der Waals surface area contributed by atoms with Gasteiger partial charge in [-0.2, -0.15) is 0 Å². The Morgan fingerprint density at radius 1 is 1.15 bits per heavy atom. The number of benzene rings is 1. The molecule has 0 fully saturated rings. The molecule has 2 rings (SSSR count). The zero-order valence-electron chi connectivity index (χ0n) is 11.9. The topological polar surface area (TPSA) is 12.0 Å². The van der Waals surface area contributed by atoms with Gasteiger partial charge in [0.25, 0.3) is 0 Å². The van der Waals surface area contributed by atoms with E-state index in [1.54, 1.807) is 0 Å². The van der Waals surface area contributed by atoms with E-state index in [4.69, 9.17) is 23.2 Å². The molecule has 1 heterocycles. The van der Waals surface area contributed by atoms with Crippen molar-refractivity contribution in [2.24, 2.45) is 0 Å². The van der Waals surface area contributed by atoms with Crippen LogP contribution in [-0.2, 0) is 6.42 Å². The fourth-order valence-corrected chi connectivity index (χ4v) is 3.81. The molecule has 4 heteroatoms. The lowest BCUT2D eigenvalue weighted by Crippen LogP contribution is -2.18. The maximum atomic E-state index is 6.25. The summed E-state index contributed by atoms with van der Waals surface area (Å²) in [5.74, 6) is 0.564. The van der Waals surface area contributed by atoms with Gasteiger partial charge in [0.2, 0.25) is 0 Å². The molecule has 0 aliphatic rings. The Balaban J connectivity index is 2.16. The zero-order chi connectivity index (χ0) is 14.7. The summed E-state index contributed by atoms with van der Waals surface area (Å²) in [5, 5.41) is 3.32. The molecule has 1 N–H and O–H groups in total. The third kappa shape index (κ3) is 3.76. The molecule has 2 aromatic rings. The Bertz CT molecular complexity index is 560. The number of rotatable bonds is 5. The Kier molecular flexibility index (Phi) is 5.50. The minimum absolute atomic E-state index is 0.191. The van der Waals surface area contributed by atoms with E-state index in [1.807, 2.05) is 13.1 Å². The average Bonchev–Trinajstić information content (AvgIpc) is 2.75. The number of hydrogen-bond donors (Lipinski definition) is 1. The van der Waals surface area contributed by atoms with Gasteiger partial charge in [-0.25, -0.2) is 0 Å². The predicted molar refractivity (Wildman–Crippen MR) is 90.4 cm³/mol. The normalized spacial score (nSPS) is 12.9. The van der Waals surface area contributed by atoms with Crippen LogP contribution in [0.2, 0.25) is 8.67 Å². The Hall–Kier alpha value is -0.540. The molecule has 0 aliphatic carbocycles. The van der Waals surface area contributed by atoms with Gasteiger partial charge in [-0.3, -0.25) is 0 Å². The van der Waals surface area contributed by atoms with Gasteiger partial charge in [0, 0.05) is 11.6 Å². The van der Waals surface area contributed by atoms with Crippen LogP contribution in [0.5, 0.6) is 0 Å². The minimum atomic E-state index is 0.191. The first kappa shape index (κ1) is 15.8. The van der Waals surface area contributed by atoms with Crippen LogP contribution in [0.1, 0.15) is 42.5 Å². The first-order valence-electron chi connectivity index (χ1n) is 6.72. The van der Waals surface area contributed by atoms with Gasteiger partial charge in [-0.15, -0.1) is 11.3 Å². The van der Waals surface area contributed by atoms with E-state index in [1.165, 1.54) is 22.5 Å². The van der Waals surface area contributed by atoms with E-state index in [-0.39, 0.29) is 6.04 Å². The molecule has 0 radical (unpaired) electrons. The van der Waals surface area contributed by atoms with Gasteiger partial charge in [0.15, 0.2) is 0 Å². The first-order chi connectivity index (χ1) is 9.51. The fourth-order valence-electron chi connectivity index (χ4n) is 2.23. The van der Waals surface area contributed by atoms with Crippen molar-refractivity contribution < 1.29 is 0 Å². The highest BCUT2D eigenvalue weighted by molar-refractivity contribution is 7.20. The van der Waals surface area contributed by atoms with Crippen LogP contribution in [0.25, 0.3) is 0 Å². The second kappa shape index (κ2) is 6.95. The lowest BCUT2D eigenvalue weighted by atomic mass is 9.97. The van der Waals surface area contributed by atoms with Gasteiger partial charge in [0.1, 0.15) is 0 Å². The molecule has 0 amide bonds. The smallest absolute Gasteiger partial charge is 0.0992 e. The third-order valence-electron chi connectivity index (χ3n) is 3.49. The van der Waals surface area contributed by atoms with Crippen LogP contribution < -0.4 is 5.32 Å². The van der Waals surface area contributed by atoms with Crippen LogP contribution >= 0.6 is 34.5 Å². The lowest BCUT2D eigenvalue weighted by molar-refractivity contribution is 0.594. The van der Waals surface area contributed by atoms with Crippen LogP contribution in [0.3, 0.4) is 0 Å². The molecule has 20 heavy (non-hydrogen) atoms. The first-order valence-corrected chi connectivity index (χ1v) is 8.29. The average molecular weight is 328 g/mol. The van der Waals surface area contributed by atoms with Crippen LogP contribution in [0, 0.1) is 0 Å². The number of hydrogen-bond acceptors (Lipinski definition) is 2. The summed E-state index contributed by atoms with van der Waals surface area (Å²) >= 11 is 13.7. The van der Waals surface area contributed by atoms with Gasteiger partial charge < -0.3 is 5.32 Å².